The van der Waals surface area contributed by atoms with E-state index >= 15 is 0 Å². The van der Waals surface area contributed by atoms with Crippen LogP contribution >= 0.6 is 0 Å². The Morgan fingerprint density at radius 1 is 1.20 bits per heavy atom. The highest BCUT2D eigenvalue weighted by Crippen LogP contribution is 2.17. The van der Waals surface area contributed by atoms with Gasteiger partial charge in [-0.15, -0.1) is 0 Å². The van der Waals surface area contributed by atoms with Crippen LogP contribution in [-0.2, 0) is 16.0 Å². The molecule has 0 saturated carbocycles. The molecule has 1 aromatic carbocycles. The molecule has 1 aromatic rings. The second-order valence-corrected chi connectivity index (χ2v) is 7.60. The second-order valence-electron chi connectivity index (χ2n) is 7.60. The van der Waals surface area contributed by atoms with Gasteiger partial charge in [0.2, 0.25) is 5.91 Å². The molecule has 0 aromatic heterocycles. The molecule has 1 heterocycles. The molecule has 2 amide bonds. The van der Waals surface area contributed by atoms with Gasteiger partial charge < -0.3 is 20.3 Å². The zero-order valence-electron chi connectivity index (χ0n) is 15.6. The summed E-state index contributed by atoms with van der Waals surface area (Å²) in [5.74, 6) is 0.118. The number of nitrogen functional groups attached to an aromatic ring is 1. The number of rotatable bonds is 3. The van der Waals surface area contributed by atoms with Crippen LogP contribution in [0.2, 0.25) is 0 Å². The van der Waals surface area contributed by atoms with Crippen molar-refractivity contribution in [2.45, 2.75) is 52.2 Å². The van der Waals surface area contributed by atoms with Gasteiger partial charge in [0.25, 0.3) is 0 Å². The molecule has 6 nitrogen and oxygen atoms in total. The monoisotopic (exact) mass is 347 g/mol. The molecular weight excluding hydrogens is 318 g/mol. The van der Waals surface area contributed by atoms with Crippen molar-refractivity contribution in [3.05, 3.63) is 29.8 Å². The van der Waals surface area contributed by atoms with Crippen LogP contribution in [0.5, 0.6) is 0 Å². The largest absolute Gasteiger partial charge is 0.444 e. The molecule has 0 spiro atoms. The summed E-state index contributed by atoms with van der Waals surface area (Å²) >= 11 is 0. The van der Waals surface area contributed by atoms with E-state index in [-0.39, 0.29) is 18.0 Å². The first-order valence-corrected chi connectivity index (χ1v) is 8.77. The molecule has 2 rings (SSSR count). The highest BCUT2D eigenvalue weighted by molar-refractivity contribution is 5.77. The van der Waals surface area contributed by atoms with Gasteiger partial charge in [-0.05, 0) is 51.8 Å². The maximum absolute atomic E-state index is 12.5. The fraction of sp³-hybridized carbons (Fsp3) is 0.579. The van der Waals surface area contributed by atoms with Crippen molar-refractivity contribution in [2.75, 3.05) is 25.4 Å². The van der Waals surface area contributed by atoms with Gasteiger partial charge in [0, 0.05) is 37.8 Å². The highest BCUT2D eigenvalue weighted by Gasteiger charge is 2.32. The molecule has 25 heavy (non-hydrogen) atoms. The number of amides is 2. The van der Waals surface area contributed by atoms with E-state index in [0.29, 0.717) is 32.5 Å². The van der Waals surface area contributed by atoms with Crippen molar-refractivity contribution >= 4 is 17.7 Å². The molecule has 1 fully saturated rings. The Labute approximate surface area is 149 Å². The third-order valence-electron chi connectivity index (χ3n) is 4.22. The van der Waals surface area contributed by atoms with E-state index in [4.69, 9.17) is 10.5 Å². The van der Waals surface area contributed by atoms with Gasteiger partial charge in [0.15, 0.2) is 0 Å². The summed E-state index contributed by atoms with van der Waals surface area (Å²) in [6.45, 7) is 9.10. The minimum Gasteiger partial charge on any atom is -0.444 e. The van der Waals surface area contributed by atoms with Gasteiger partial charge in [-0.1, -0.05) is 12.1 Å². The third kappa shape index (κ3) is 5.66. The van der Waals surface area contributed by atoms with Gasteiger partial charge in [-0.2, -0.15) is 0 Å². The summed E-state index contributed by atoms with van der Waals surface area (Å²) in [7, 11) is 0. The van der Waals surface area contributed by atoms with Gasteiger partial charge in [-0.3, -0.25) is 4.79 Å². The van der Waals surface area contributed by atoms with E-state index < -0.39 is 5.60 Å². The number of ether oxygens (including phenoxy) is 1. The molecule has 2 N–H and O–H groups in total. The fourth-order valence-corrected chi connectivity index (χ4v) is 2.87. The van der Waals surface area contributed by atoms with Crippen LogP contribution in [0.25, 0.3) is 0 Å². The van der Waals surface area contributed by atoms with Crippen molar-refractivity contribution in [1.29, 1.82) is 0 Å². The lowest BCUT2D eigenvalue weighted by Crippen LogP contribution is -2.56. The SMILES string of the molecule is C[C@H]1CN(C(=O)CCc2ccc(N)cc2)CCN1C(=O)OC(C)(C)C. The number of carbonyl (C=O) groups is 2. The molecule has 1 atom stereocenters. The molecule has 0 bridgehead atoms. The summed E-state index contributed by atoms with van der Waals surface area (Å²) in [6, 6.07) is 7.55. The number of hydrogen-bond donors (Lipinski definition) is 1. The van der Waals surface area contributed by atoms with Gasteiger partial charge >= 0.3 is 6.09 Å². The van der Waals surface area contributed by atoms with E-state index in [2.05, 4.69) is 0 Å². The molecule has 0 radical (unpaired) electrons. The lowest BCUT2D eigenvalue weighted by molar-refractivity contribution is -0.134. The number of piperazine rings is 1. The lowest BCUT2D eigenvalue weighted by Gasteiger charge is -2.40. The van der Waals surface area contributed by atoms with Crippen LogP contribution < -0.4 is 5.73 Å². The lowest BCUT2D eigenvalue weighted by atomic mass is 10.1. The molecular formula is C19H29N3O3. The third-order valence-corrected chi connectivity index (χ3v) is 4.22. The molecule has 1 aliphatic heterocycles. The summed E-state index contributed by atoms with van der Waals surface area (Å²) in [4.78, 5) is 28.2. The maximum atomic E-state index is 12.5. The van der Waals surface area contributed by atoms with Gasteiger partial charge in [0.05, 0.1) is 0 Å². The minimum absolute atomic E-state index is 0.0518. The van der Waals surface area contributed by atoms with E-state index in [0.717, 1.165) is 11.3 Å². The van der Waals surface area contributed by atoms with Crippen molar-refractivity contribution < 1.29 is 14.3 Å². The molecule has 6 heteroatoms. The van der Waals surface area contributed by atoms with Crippen molar-refractivity contribution in [2.24, 2.45) is 0 Å². The van der Waals surface area contributed by atoms with E-state index in [1.807, 2.05) is 56.9 Å². The Bertz CT molecular complexity index is 607. The maximum Gasteiger partial charge on any atom is 0.410 e. The van der Waals surface area contributed by atoms with Crippen LogP contribution in [0.15, 0.2) is 24.3 Å². The fourth-order valence-electron chi connectivity index (χ4n) is 2.87. The Kier molecular flexibility index (Phi) is 5.93. The highest BCUT2D eigenvalue weighted by atomic mass is 16.6. The Hall–Kier alpha value is -2.24. The second kappa shape index (κ2) is 7.76. The summed E-state index contributed by atoms with van der Waals surface area (Å²) in [6.07, 6.45) is 0.844. The first kappa shape index (κ1) is 19.1. The number of nitrogens with zero attached hydrogens (tertiary/aromatic N) is 2. The Balaban J connectivity index is 1.84. The Morgan fingerprint density at radius 3 is 2.40 bits per heavy atom. The van der Waals surface area contributed by atoms with Crippen LogP contribution in [0.3, 0.4) is 0 Å². The standard InChI is InChI=1S/C19H29N3O3/c1-14-13-21(11-12-22(14)18(24)25-19(2,3)4)17(23)10-7-15-5-8-16(20)9-6-15/h5-6,8-9,14H,7,10-13,20H2,1-4H3/t14-/m0/s1. The smallest absolute Gasteiger partial charge is 0.410 e. The van der Waals surface area contributed by atoms with Crippen LogP contribution in [0.1, 0.15) is 39.7 Å². The summed E-state index contributed by atoms with van der Waals surface area (Å²) in [5.41, 5.74) is 6.99. The first-order valence-electron chi connectivity index (χ1n) is 8.77. The Morgan fingerprint density at radius 2 is 1.84 bits per heavy atom. The number of carbonyl (C=O) groups excluding carboxylic acids is 2. The van der Waals surface area contributed by atoms with Crippen molar-refractivity contribution in [1.82, 2.24) is 9.80 Å². The first-order chi connectivity index (χ1) is 11.7. The van der Waals surface area contributed by atoms with Crippen molar-refractivity contribution in [3.8, 4) is 0 Å². The molecule has 0 unspecified atom stereocenters. The van der Waals surface area contributed by atoms with Crippen molar-refractivity contribution in [3.63, 3.8) is 0 Å². The number of anilines is 1. The number of nitrogens with two attached hydrogens (primary N) is 1. The molecule has 138 valence electrons. The minimum atomic E-state index is -0.511. The van der Waals surface area contributed by atoms with Gasteiger partial charge in [-0.25, -0.2) is 4.79 Å². The zero-order valence-corrected chi connectivity index (χ0v) is 15.6. The summed E-state index contributed by atoms with van der Waals surface area (Å²) < 4.78 is 5.43. The average Bonchev–Trinajstić information content (AvgIpc) is 2.52. The molecule has 0 aliphatic carbocycles. The van der Waals surface area contributed by atoms with Gasteiger partial charge in [0.1, 0.15) is 5.60 Å². The van der Waals surface area contributed by atoms with Crippen LogP contribution in [-0.4, -0.2) is 53.1 Å². The predicted molar refractivity (Wildman–Crippen MR) is 98.2 cm³/mol. The number of aryl methyl sites for hydroxylation is 1. The van der Waals surface area contributed by atoms with Crippen LogP contribution in [0.4, 0.5) is 10.5 Å². The molecule has 1 aliphatic rings. The normalized spacial score (nSPS) is 18.2. The predicted octanol–water partition coefficient (Wildman–Crippen LogP) is 2.67. The van der Waals surface area contributed by atoms with Crippen LogP contribution in [0, 0.1) is 0 Å². The summed E-state index contributed by atoms with van der Waals surface area (Å²) in [5, 5.41) is 0. The number of hydrogen-bond acceptors (Lipinski definition) is 4. The number of benzene rings is 1. The van der Waals surface area contributed by atoms with E-state index in [1.54, 1.807) is 4.90 Å². The van der Waals surface area contributed by atoms with E-state index in [1.165, 1.54) is 0 Å². The zero-order chi connectivity index (χ0) is 18.6. The quantitative estimate of drug-likeness (QED) is 0.853. The molecule has 1 saturated heterocycles. The average molecular weight is 347 g/mol. The topological polar surface area (TPSA) is 75.9 Å². The van der Waals surface area contributed by atoms with E-state index in [9.17, 15) is 9.59 Å².